The lowest BCUT2D eigenvalue weighted by molar-refractivity contribution is 0.0697. The summed E-state index contributed by atoms with van der Waals surface area (Å²) in [5.41, 5.74) is 0.809. The Balaban J connectivity index is 1.86. The lowest BCUT2D eigenvalue weighted by Gasteiger charge is -2.16. The molecule has 2 rings (SSSR count). The zero-order chi connectivity index (χ0) is 16.2. The van der Waals surface area contributed by atoms with E-state index >= 15 is 0 Å². The summed E-state index contributed by atoms with van der Waals surface area (Å²) in [6, 6.07) is 5.13. The number of carboxylic acid groups (broad SMARTS) is 1. The largest absolute Gasteiger partial charge is 0.478 e. The molecule has 1 heterocycles. The topological polar surface area (TPSA) is 116 Å². The lowest BCUT2D eigenvalue weighted by Crippen LogP contribution is -2.46. The second-order valence-electron chi connectivity index (χ2n) is 4.90. The molecule has 1 aromatic rings. The van der Waals surface area contributed by atoms with E-state index in [2.05, 4.69) is 5.32 Å². The molecule has 0 saturated carbocycles. The summed E-state index contributed by atoms with van der Waals surface area (Å²) in [6.07, 6.45) is 1.58. The van der Waals surface area contributed by atoms with Gasteiger partial charge in [0.1, 0.15) is 0 Å². The Morgan fingerprint density at radius 1 is 1.14 bits per heavy atom. The molecule has 3 N–H and O–H groups in total. The highest BCUT2D eigenvalue weighted by Crippen LogP contribution is 2.11. The van der Waals surface area contributed by atoms with Crippen LogP contribution in [0.25, 0.3) is 0 Å². The Kier molecular flexibility index (Phi) is 4.99. The number of nitrogens with zero attached hydrogens (tertiary/aromatic N) is 1. The fourth-order valence-corrected chi connectivity index (χ4v) is 3.27. The van der Waals surface area contributed by atoms with Gasteiger partial charge in [-0.05, 0) is 30.5 Å². The molecule has 0 unspecified atom stereocenters. The summed E-state index contributed by atoms with van der Waals surface area (Å²) in [6.45, 7) is 0.930. The normalized spacial score (nSPS) is 15.5. The van der Waals surface area contributed by atoms with Crippen molar-refractivity contribution in [1.82, 2.24) is 14.3 Å². The number of nitrogens with one attached hydrogen (secondary N) is 2. The zero-order valence-electron chi connectivity index (χ0n) is 11.8. The maximum atomic E-state index is 11.9. The average molecular weight is 327 g/mol. The SMILES string of the molecule is O=C(NCc1ccc(C(=O)O)cc1)NS(=O)(=O)N1CCCC1. The van der Waals surface area contributed by atoms with Crippen LogP contribution in [0.4, 0.5) is 4.79 Å². The van der Waals surface area contributed by atoms with Gasteiger partial charge in [0, 0.05) is 19.6 Å². The third-order valence-corrected chi connectivity index (χ3v) is 4.77. The number of amides is 2. The van der Waals surface area contributed by atoms with E-state index in [0.29, 0.717) is 18.7 Å². The van der Waals surface area contributed by atoms with E-state index in [1.54, 1.807) is 12.1 Å². The Morgan fingerprint density at radius 2 is 1.73 bits per heavy atom. The number of rotatable bonds is 5. The molecule has 0 atom stereocenters. The van der Waals surface area contributed by atoms with Gasteiger partial charge < -0.3 is 10.4 Å². The third kappa shape index (κ3) is 4.18. The first-order valence-corrected chi connectivity index (χ1v) is 8.20. The van der Waals surface area contributed by atoms with Crippen LogP contribution in [0, 0.1) is 0 Å². The number of aromatic carboxylic acids is 1. The van der Waals surface area contributed by atoms with Gasteiger partial charge in [-0.25, -0.2) is 14.3 Å². The minimum Gasteiger partial charge on any atom is -0.478 e. The highest BCUT2D eigenvalue weighted by Gasteiger charge is 2.26. The van der Waals surface area contributed by atoms with E-state index in [0.717, 1.165) is 12.8 Å². The van der Waals surface area contributed by atoms with Crippen LogP contribution in [0.15, 0.2) is 24.3 Å². The zero-order valence-corrected chi connectivity index (χ0v) is 12.6. The van der Waals surface area contributed by atoms with E-state index < -0.39 is 22.2 Å². The number of carbonyl (C=O) groups excluding carboxylic acids is 1. The van der Waals surface area contributed by atoms with Gasteiger partial charge in [-0.3, -0.25) is 0 Å². The molecule has 8 nitrogen and oxygen atoms in total. The molecule has 1 saturated heterocycles. The summed E-state index contributed by atoms with van der Waals surface area (Å²) < 4.78 is 26.9. The van der Waals surface area contributed by atoms with Crippen LogP contribution in [0.1, 0.15) is 28.8 Å². The molecule has 1 aliphatic rings. The van der Waals surface area contributed by atoms with Crippen LogP contribution < -0.4 is 10.0 Å². The van der Waals surface area contributed by atoms with Crippen LogP contribution in [-0.4, -0.2) is 42.9 Å². The molecule has 9 heteroatoms. The predicted molar refractivity (Wildman–Crippen MR) is 78.5 cm³/mol. The van der Waals surface area contributed by atoms with Gasteiger partial charge in [-0.15, -0.1) is 0 Å². The number of hydrogen-bond acceptors (Lipinski definition) is 4. The molecule has 1 fully saturated rings. The summed E-state index contributed by atoms with van der Waals surface area (Å²) in [5.74, 6) is -1.03. The standard InChI is InChI=1S/C13H17N3O5S/c17-12(18)11-5-3-10(4-6-11)9-14-13(19)15-22(20,21)16-7-1-2-8-16/h3-6H,1-2,7-9H2,(H,17,18)(H2,14,15,19). The molecule has 120 valence electrons. The van der Waals surface area contributed by atoms with Crippen molar-refractivity contribution in [1.29, 1.82) is 0 Å². The molecule has 0 aromatic heterocycles. The van der Waals surface area contributed by atoms with Crippen LogP contribution >= 0.6 is 0 Å². The van der Waals surface area contributed by atoms with Crippen LogP contribution in [0.2, 0.25) is 0 Å². The van der Waals surface area contributed by atoms with Gasteiger partial charge in [0.2, 0.25) is 0 Å². The first kappa shape index (κ1) is 16.2. The van der Waals surface area contributed by atoms with Crippen molar-refractivity contribution in [2.75, 3.05) is 13.1 Å². The predicted octanol–water partition coefficient (Wildman–Crippen LogP) is 0.525. The maximum Gasteiger partial charge on any atom is 0.335 e. The van der Waals surface area contributed by atoms with Crippen molar-refractivity contribution < 1.29 is 23.1 Å². The first-order valence-electron chi connectivity index (χ1n) is 6.76. The van der Waals surface area contributed by atoms with Crippen molar-refractivity contribution >= 4 is 22.2 Å². The van der Waals surface area contributed by atoms with Crippen LogP contribution in [0.5, 0.6) is 0 Å². The van der Waals surface area contributed by atoms with Crippen LogP contribution in [-0.2, 0) is 16.8 Å². The minimum atomic E-state index is -3.79. The van der Waals surface area contributed by atoms with E-state index in [4.69, 9.17) is 5.11 Å². The monoisotopic (exact) mass is 327 g/mol. The molecule has 2 amide bonds. The Labute approximate surface area is 128 Å². The van der Waals surface area contributed by atoms with E-state index in [9.17, 15) is 18.0 Å². The number of carboxylic acids is 1. The number of carbonyl (C=O) groups is 2. The number of urea groups is 1. The second kappa shape index (κ2) is 6.75. The molecule has 1 aliphatic heterocycles. The molecule has 22 heavy (non-hydrogen) atoms. The lowest BCUT2D eigenvalue weighted by atomic mass is 10.1. The fourth-order valence-electron chi connectivity index (χ4n) is 2.09. The molecule has 0 bridgehead atoms. The molecule has 0 spiro atoms. The van der Waals surface area contributed by atoms with Crippen molar-refractivity contribution in [3.8, 4) is 0 Å². The second-order valence-corrected chi connectivity index (χ2v) is 6.57. The van der Waals surface area contributed by atoms with Crippen molar-refractivity contribution in [2.24, 2.45) is 0 Å². The smallest absolute Gasteiger partial charge is 0.335 e. The first-order chi connectivity index (χ1) is 10.4. The number of hydrogen-bond donors (Lipinski definition) is 3. The number of benzene rings is 1. The Hall–Kier alpha value is -2.13. The van der Waals surface area contributed by atoms with Gasteiger partial charge in [0.05, 0.1) is 5.56 Å². The quantitative estimate of drug-likeness (QED) is 0.729. The van der Waals surface area contributed by atoms with Crippen molar-refractivity contribution in [3.63, 3.8) is 0 Å². The molecule has 1 aromatic carbocycles. The fraction of sp³-hybridized carbons (Fsp3) is 0.385. The van der Waals surface area contributed by atoms with E-state index in [1.807, 2.05) is 4.72 Å². The van der Waals surface area contributed by atoms with Gasteiger partial charge in [-0.1, -0.05) is 12.1 Å². The minimum absolute atomic E-state index is 0.0985. The van der Waals surface area contributed by atoms with Gasteiger partial charge >= 0.3 is 22.2 Å². The van der Waals surface area contributed by atoms with Crippen LogP contribution in [0.3, 0.4) is 0 Å². The summed E-state index contributed by atoms with van der Waals surface area (Å²) in [5, 5.41) is 11.2. The Morgan fingerprint density at radius 3 is 2.27 bits per heavy atom. The van der Waals surface area contributed by atoms with Gasteiger partial charge in [0.25, 0.3) is 0 Å². The van der Waals surface area contributed by atoms with E-state index in [-0.39, 0.29) is 12.1 Å². The highest BCUT2D eigenvalue weighted by atomic mass is 32.2. The summed E-state index contributed by atoms with van der Waals surface area (Å²) in [7, 11) is -3.79. The summed E-state index contributed by atoms with van der Waals surface area (Å²) in [4.78, 5) is 22.4. The molecule has 0 aliphatic carbocycles. The van der Waals surface area contributed by atoms with Crippen molar-refractivity contribution in [3.05, 3.63) is 35.4 Å². The third-order valence-electron chi connectivity index (χ3n) is 3.28. The average Bonchev–Trinajstić information content (AvgIpc) is 3.00. The van der Waals surface area contributed by atoms with Crippen molar-refractivity contribution in [2.45, 2.75) is 19.4 Å². The molecular weight excluding hydrogens is 310 g/mol. The molecular formula is C13H17N3O5S. The van der Waals surface area contributed by atoms with E-state index in [1.165, 1.54) is 16.4 Å². The van der Waals surface area contributed by atoms with Gasteiger partial charge in [-0.2, -0.15) is 12.7 Å². The molecule has 0 radical (unpaired) electrons. The van der Waals surface area contributed by atoms with Gasteiger partial charge in [0.15, 0.2) is 0 Å². The maximum absolute atomic E-state index is 11.9. The Bertz CT molecular complexity index is 651. The summed E-state index contributed by atoms with van der Waals surface area (Å²) >= 11 is 0. The highest BCUT2D eigenvalue weighted by molar-refractivity contribution is 7.87.